The van der Waals surface area contributed by atoms with Crippen molar-refractivity contribution in [2.45, 2.75) is 46.1 Å². The van der Waals surface area contributed by atoms with Crippen molar-refractivity contribution in [1.82, 2.24) is 5.32 Å². The molecular weight excluding hydrogens is 150 g/mol. The molecule has 1 atom stereocenters. The molecule has 1 unspecified atom stereocenters. The Kier molecular flexibility index (Phi) is 5.51. The molecule has 0 bridgehead atoms. The summed E-state index contributed by atoms with van der Waals surface area (Å²) in [7, 11) is 0. The highest BCUT2D eigenvalue weighted by atomic mass is 16.3. The Morgan fingerprint density at radius 3 is 2.42 bits per heavy atom. The average Bonchev–Trinajstić information content (AvgIpc) is 1.84. The molecule has 0 saturated heterocycles. The summed E-state index contributed by atoms with van der Waals surface area (Å²) in [6.45, 7) is 9.78. The van der Waals surface area contributed by atoms with Crippen LogP contribution in [0.15, 0.2) is 0 Å². The number of nitrogens with one attached hydrogen (secondary N) is 1. The Morgan fingerprint density at radius 2 is 2.00 bits per heavy atom. The molecule has 0 rings (SSSR count). The summed E-state index contributed by atoms with van der Waals surface area (Å²) in [6, 6.07) is 0. The first-order chi connectivity index (χ1) is 5.45. The normalized spacial score (nSPS) is 14.8. The van der Waals surface area contributed by atoms with Crippen LogP contribution in [-0.2, 0) is 0 Å². The molecule has 0 aromatic carbocycles. The van der Waals surface area contributed by atoms with Gasteiger partial charge in [0.05, 0.1) is 5.60 Å². The van der Waals surface area contributed by atoms with Crippen molar-refractivity contribution < 1.29 is 5.11 Å². The fraction of sp³-hybridized carbons (Fsp3) is 1.00. The maximum Gasteiger partial charge on any atom is 0.0715 e. The molecule has 0 aliphatic carbocycles. The Morgan fingerprint density at radius 1 is 1.42 bits per heavy atom. The van der Waals surface area contributed by atoms with Crippen LogP contribution in [0.3, 0.4) is 0 Å². The van der Waals surface area contributed by atoms with Gasteiger partial charge in [0.25, 0.3) is 0 Å². The summed E-state index contributed by atoms with van der Waals surface area (Å²) in [6.07, 6.45) is 2.50. The minimum Gasteiger partial charge on any atom is -0.389 e. The standard InChI is InChI=1S/C10H23NO/c1-5-6-9(2)7-11-8-10(3,4)12/h9,11-12H,5-8H2,1-4H3. The molecule has 0 heterocycles. The quantitative estimate of drug-likeness (QED) is 0.642. The van der Waals surface area contributed by atoms with Crippen LogP contribution in [0.5, 0.6) is 0 Å². The van der Waals surface area contributed by atoms with Crippen LogP contribution < -0.4 is 5.32 Å². The summed E-state index contributed by atoms with van der Waals surface area (Å²) >= 11 is 0. The van der Waals surface area contributed by atoms with Gasteiger partial charge in [0.15, 0.2) is 0 Å². The first-order valence-corrected chi connectivity index (χ1v) is 4.89. The third-order valence-corrected chi connectivity index (χ3v) is 1.83. The van der Waals surface area contributed by atoms with Gasteiger partial charge >= 0.3 is 0 Å². The zero-order valence-corrected chi connectivity index (χ0v) is 8.85. The molecule has 0 aliphatic rings. The second-order valence-electron chi connectivity index (χ2n) is 4.34. The second kappa shape index (κ2) is 5.55. The fourth-order valence-electron chi connectivity index (χ4n) is 1.22. The van der Waals surface area contributed by atoms with Crippen LogP contribution in [-0.4, -0.2) is 23.8 Å². The van der Waals surface area contributed by atoms with Crippen LogP contribution in [0.1, 0.15) is 40.5 Å². The number of hydrogen-bond donors (Lipinski definition) is 2. The molecule has 0 aromatic rings. The molecule has 0 amide bonds. The Labute approximate surface area is 76.4 Å². The third kappa shape index (κ3) is 8.02. The van der Waals surface area contributed by atoms with E-state index < -0.39 is 5.60 Å². The van der Waals surface area contributed by atoms with E-state index in [4.69, 9.17) is 0 Å². The maximum atomic E-state index is 9.40. The monoisotopic (exact) mass is 173 g/mol. The number of aliphatic hydroxyl groups is 1. The predicted molar refractivity (Wildman–Crippen MR) is 53.2 cm³/mol. The first kappa shape index (κ1) is 11.9. The van der Waals surface area contributed by atoms with Crippen LogP contribution in [0.4, 0.5) is 0 Å². The topological polar surface area (TPSA) is 32.3 Å². The lowest BCUT2D eigenvalue weighted by Crippen LogP contribution is -2.36. The van der Waals surface area contributed by atoms with Crippen molar-refractivity contribution in [1.29, 1.82) is 0 Å². The third-order valence-electron chi connectivity index (χ3n) is 1.83. The van der Waals surface area contributed by atoms with Crippen molar-refractivity contribution >= 4 is 0 Å². The lowest BCUT2D eigenvalue weighted by molar-refractivity contribution is 0.0788. The Hall–Kier alpha value is -0.0800. The van der Waals surface area contributed by atoms with Crippen LogP contribution in [0.25, 0.3) is 0 Å². The summed E-state index contributed by atoms with van der Waals surface area (Å²) in [4.78, 5) is 0. The molecule has 2 nitrogen and oxygen atoms in total. The van der Waals surface area contributed by atoms with Gasteiger partial charge < -0.3 is 10.4 Å². The van der Waals surface area contributed by atoms with E-state index in [2.05, 4.69) is 19.2 Å². The van der Waals surface area contributed by atoms with Crippen molar-refractivity contribution in [3.05, 3.63) is 0 Å². The minimum absolute atomic E-state index is 0.577. The molecule has 74 valence electrons. The first-order valence-electron chi connectivity index (χ1n) is 4.89. The zero-order valence-electron chi connectivity index (χ0n) is 8.85. The van der Waals surface area contributed by atoms with E-state index in [-0.39, 0.29) is 0 Å². The van der Waals surface area contributed by atoms with Crippen LogP contribution >= 0.6 is 0 Å². The van der Waals surface area contributed by atoms with E-state index in [1.807, 2.05) is 13.8 Å². The van der Waals surface area contributed by atoms with Crippen LogP contribution in [0.2, 0.25) is 0 Å². The smallest absolute Gasteiger partial charge is 0.0715 e. The van der Waals surface area contributed by atoms with E-state index >= 15 is 0 Å². The van der Waals surface area contributed by atoms with Gasteiger partial charge in [-0.05, 0) is 32.7 Å². The molecule has 0 spiro atoms. The molecule has 0 aromatic heterocycles. The van der Waals surface area contributed by atoms with E-state index in [1.165, 1.54) is 12.8 Å². The highest BCUT2D eigenvalue weighted by Crippen LogP contribution is 2.03. The lowest BCUT2D eigenvalue weighted by Gasteiger charge is -2.19. The average molecular weight is 173 g/mol. The molecule has 0 radical (unpaired) electrons. The molecule has 0 fully saturated rings. The van der Waals surface area contributed by atoms with Gasteiger partial charge in [0.1, 0.15) is 0 Å². The summed E-state index contributed by atoms with van der Waals surface area (Å²) in [5.74, 6) is 0.720. The zero-order chi connectivity index (χ0) is 9.61. The van der Waals surface area contributed by atoms with Gasteiger partial charge in [-0.3, -0.25) is 0 Å². The molecular formula is C10H23NO. The van der Waals surface area contributed by atoms with E-state index in [1.54, 1.807) is 0 Å². The van der Waals surface area contributed by atoms with Gasteiger partial charge in [0.2, 0.25) is 0 Å². The predicted octanol–water partition coefficient (Wildman–Crippen LogP) is 1.78. The van der Waals surface area contributed by atoms with E-state index in [9.17, 15) is 5.11 Å². The molecule has 12 heavy (non-hydrogen) atoms. The van der Waals surface area contributed by atoms with Crippen molar-refractivity contribution in [3.63, 3.8) is 0 Å². The number of hydrogen-bond acceptors (Lipinski definition) is 2. The van der Waals surface area contributed by atoms with Crippen molar-refractivity contribution in [2.24, 2.45) is 5.92 Å². The largest absolute Gasteiger partial charge is 0.389 e. The molecule has 2 N–H and O–H groups in total. The summed E-state index contributed by atoms with van der Waals surface area (Å²) in [5, 5.41) is 12.7. The molecule has 2 heteroatoms. The summed E-state index contributed by atoms with van der Waals surface area (Å²) < 4.78 is 0. The van der Waals surface area contributed by atoms with Gasteiger partial charge in [0, 0.05) is 6.54 Å². The van der Waals surface area contributed by atoms with Gasteiger partial charge in [-0.15, -0.1) is 0 Å². The Balaban J connectivity index is 3.31. The maximum absolute atomic E-state index is 9.40. The number of rotatable bonds is 6. The lowest BCUT2D eigenvalue weighted by atomic mass is 10.1. The van der Waals surface area contributed by atoms with Gasteiger partial charge in [-0.2, -0.15) is 0 Å². The minimum atomic E-state index is -0.577. The van der Waals surface area contributed by atoms with Gasteiger partial charge in [-0.1, -0.05) is 20.3 Å². The van der Waals surface area contributed by atoms with Crippen molar-refractivity contribution in [2.75, 3.05) is 13.1 Å². The second-order valence-corrected chi connectivity index (χ2v) is 4.34. The highest BCUT2D eigenvalue weighted by Gasteiger charge is 2.11. The summed E-state index contributed by atoms with van der Waals surface area (Å²) in [5.41, 5.74) is -0.577. The fourth-order valence-corrected chi connectivity index (χ4v) is 1.22. The molecule has 0 saturated carbocycles. The van der Waals surface area contributed by atoms with Gasteiger partial charge in [-0.25, -0.2) is 0 Å². The molecule has 0 aliphatic heterocycles. The van der Waals surface area contributed by atoms with Crippen LogP contribution in [0, 0.1) is 5.92 Å². The van der Waals surface area contributed by atoms with Crippen molar-refractivity contribution in [3.8, 4) is 0 Å². The van der Waals surface area contributed by atoms with E-state index in [0.717, 1.165) is 12.5 Å². The Bertz CT molecular complexity index is 107. The SMILES string of the molecule is CCCC(C)CNCC(C)(C)O. The van der Waals surface area contributed by atoms with E-state index in [0.29, 0.717) is 6.54 Å². The highest BCUT2D eigenvalue weighted by molar-refractivity contribution is 4.69.